The van der Waals surface area contributed by atoms with E-state index in [-0.39, 0.29) is 35.9 Å². The van der Waals surface area contributed by atoms with Gasteiger partial charge >= 0.3 is 5.97 Å². The molecule has 11 atom stereocenters. The van der Waals surface area contributed by atoms with Gasteiger partial charge in [0.15, 0.2) is 12.1 Å². The minimum absolute atomic E-state index is 0.0464. The average Bonchev–Trinajstić information content (AvgIpc) is 2.88. The van der Waals surface area contributed by atoms with E-state index in [1.165, 1.54) is 6.08 Å². The van der Waals surface area contributed by atoms with E-state index in [1.807, 2.05) is 41.8 Å². The number of ether oxygens (including phenoxy) is 5. The van der Waals surface area contributed by atoms with E-state index < -0.39 is 47.5 Å². The molecule has 4 unspecified atom stereocenters. The molecule has 2 aliphatic heterocycles. The number of hydrogen-bond acceptors (Lipinski definition) is 9. The van der Waals surface area contributed by atoms with Crippen LogP contribution in [0, 0.1) is 23.2 Å². The largest absolute Gasteiger partial charge is 0.459 e. The summed E-state index contributed by atoms with van der Waals surface area (Å²) in [6.45, 7) is 17.0. The molecule has 1 saturated heterocycles. The Balaban J connectivity index is 2.63. The van der Waals surface area contributed by atoms with Crippen LogP contribution in [0.5, 0.6) is 0 Å². The van der Waals surface area contributed by atoms with Gasteiger partial charge in [-0.05, 0) is 78.1 Å². The maximum Gasteiger partial charge on any atom is 0.311 e. The number of Topliss-reactive ketones (excluding diaryl/α,β-unsaturated/α-hetero) is 1. The summed E-state index contributed by atoms with van der Waals surface area (Å²) in [5.41, 5.74) is -1.60. The zero-order valence-corrected chi connectivity index (χ0v) is 27.7. The van der Waals surface area contributed by atoms with Crippen molar-refractivity contribution in [3.63, 3.8) is 0 Å². The number of hydrogen-bond donors (Lipinski definition) is 1. The lowest BCUT2D eigenvalue weighted by molar-refractivity contribution is -0.295. The number of ketones is 1. The fourth-order valence-corrected chi connectivity index (χ4v) is 7.10. The second-order valence-electron chi connectivity index (χ2n) is 13.5. The molecule has 0 spiro atoms. The number of aliphatic hydroxyl groups is 1. The summed E-state index contributed by atoms with van der Waals surface area (Å²) in [4.78, 5) is 29.2. The van der Waals surface area contributed by atoms with Crippen molar-refractivity contribution in [2.75, 3.05) is 28.3 Å². The second-order valence-corrected chi connectivity index (χ2v) is 13.5. The van der Waals surface area contributed by atoms with Gasteiger partial charge in [-0.3, -0.25) is 9.59 Å². The number of carbonyl (C=O) groups excluding carboxylic acids is 2. The summed E-state index contributed by atoms with van der Waals surface area (Å²) in [6, 6.07) is 0.0878. The standard InChI is InChI=1S/C32H57NO8/c1-14-24-32(9,36)17-19(3)25(34)18(2)16-31(7,8)28(21(5)26(37-12)22(6)29(35)40-24)41-30-27(38-13)23(33(10)11)15-20(4)39-30/h17-18,20-24,26-28,30,36H,14-16H2,1-13H3/b19-17+/t18-,20?,21+,22-,23?,24-,26+,27?,28-,30?,32+/m1/s1. The SMILES string of the molecule is CC[C@H]1OC(=O)[C@H](C)[C@@H](OC)[C@H](C)[C@@H](OC2OC(C)CC(N(C)C)C2OC)C(C)(C)C[C@@H](C)C(=O)/C(C)=C/[C@]1(C)O. The van der Waals surface area contributed by atoms with Crippen molar-refractivity contribution in [1.29, 1.82) is 0 Å². The van der Waals surface area contributed by atoms with Crippen LogP contribution in [0.4, 0.5) is 0 Å². The third kappa shape index (κ3) is 8.39. The van der Waals surface area contributed by atoms with E-state index in [1.54, 1.807) is 35.0 Å². The van der Waals surface area contributed by atoms with Gasteiger partial charge in [0.05, 0.1) is 24.2 Å². The Morgan fingerprint density at radius 1 is 1.05 bits per heavy atom. The van der Waals surface area contributed by atoms with Crippen molar-refractivity contribution < 1.29 is 38.4 Å². The monoisotopic (exact) mass is 583 g/mol. The van der Waals surface area contributed by atoms with Crippen LogP contribution >= 0.6 is 0 Å². The van der Waals surface area contributed by atoms with E-state index in [9.17, 15) is 14.7 Å². The highest BCUT2D eigenvalue weighted by Crippen LogP contribution is 2.42. The van der Waals surface area contributed by atoms with Crippen LogP contribution in [0.15, 0.2) is 11.6 Å². The van der Waals surface area contributed by atoms with Gasteiger partial charge in [-0.2, -0.15) is 0 Å². The number of allylic oxidation sites excluding steroid dienone is 1. The lowest BCUT2D eigenvalue weighted by Gasteiger charge is -2.48. The second kappa shape index (κ2) is 14.4. The van der Waals surface area contributed by atoms with Gasteiger partial charge in [-0.1, -0.05) is 34.6 Å². The van der Waals surface area contributed by atoms with Gasteiger partial charge in [0.1, 0.15) is 17.8 Å². The minimum atomic E-state index is -1.50. The summed E-state index contributed by atoms with van der Waals surface area (Å²) in [7, 11) is 7.31. The highest BCUT2D eigenvalue weighted by molar-refractivity contribution is 5.96. The van der Waals surface area contributed by atoms with E-state index in [0.29, 0.717) is 18.4 Å². The Kier molecular flexibility index (Phi) is 12.6. The summed E-state index contributed by atoms with van der Waals surface area (Å²) in [6.07, 6.45) is 0.336. The number of rotatable bonds is 6. The Hall–Kier alpha value is -1.36. The molecule has 0 bridgehead atoms. The summed E-state index contributed by atoms with van der Waals surface area (Å²) >= 11 is 0. The van der Waals surface area contributed by atoms with E-state index in [4.69, 9.17) is 23.7 Å². The molecule has 0 aromatic heterocycles. The molecule has 0 aromatic carbocycles. The summed E-state index contributed by atoms with van der Waals surface area (Å²) < 4.78 is 31.0. The molecule has 0 aliphatic carbocycles. The summed E-state index contributed by atoms with van der Waals surface area (Å²) in [5, 5.41) is 11.3. The normalized spacial score (nSPS) is 42.8. The molecule has 0 aromatic rings. The zero-order valence-electron chi connectivity index (χ0n) is 27.7. The first kappa shape index (κ1) is 35.8. The molecule has 1 fully saturated rings. The van der Waals surface area contributed by atoms with Gasteiger partial charge in [0.2, 0.25) is 0 Å². The molecule has 238 valence electrons. The van der Waals surface area contributed by atoms with Gasteiger partial charge in [-0.25, -0.2) is 0 Å². The molecule has 9 heteroatoms. The molecule has 1 N–H and O–H groups in total. The van der Waals surface area contributed by atoms with Crippen LogP contribution in [0.25, 0.3) is 0 Å². The van der Waals surface area contributed by atoms with Gasteiger partial charge in [0, 0.05) is 32.1 Å². The molecular formula is C32H57NO8. The summed E-state index contributed by atoms with van der Waals surface area (Å²) in [5.74, 6) is -1.83. The molecule has 2 aliphatic rings. The predicted octanol–water partition coefficient (Wildman–Crippen LogP) is 4.39. The Morgan fingerprint density at radius 2 is 1.63 bits per heavy atom. The number of cyclic esters (lactones) is 1. The average molecular weight is 584 g/mol. The van der Waals surface area contributed by atoms with Crippen molar-refractivity contribution >= 4 is 11.8 Å². The van der Waals surface area contributed by atoms with Crippen molar-refractivity contribution in [2.24, 2.45) is 23.2 Å². The first-order valence-corrected chi connectivity index (χ1v) is 15.1. The molecule has 2 rings (SSSR count). The predicted molar refractivity (Wildman–Crippen MR) is 158 cm³/mol. The fraction of sp³-hybridized carbons (Fsp3) is 0.875. The smallest absolute Gasteiger partial charge is 0.311 e. The highest BCUT2D eigenvalue weighted by Gasteiger charge is 2.48. The molecular weight excluding hydrogens is 526 g/mol. The first-order chi connectivity index (χ1) is 18.9. The molecule has 0 radical (unpaired) electrons. The zero-order chi connectivity index (χ0) is 31.4. The Labute approximate surface area is 248 Å². The maximum atomic E-state index is 13.6. The van der Waals surface area contributed by atoms with Crippen LogP contribution in [0.3, 0.4) is 0 Å². The topological polar surface area (TPSA) is 104 Å². The van der Waals surface area contributed by atoms with Gasteiger partial charge < -0.3 is 33.7 Å². The number of methoxy groups -OCH3 is 2. The molecule has 41 heavy (non-hydrogen) atoms. The van der Waals surface area contributed by atoms with E-state index >= 15 is 0 Å². The van der Waals surface area contributed by atoms with Crippen molar-refractivity contribution in [3.8, 4) is 0 Å². The van der Waals surface area contributed by atoms with Gasteiger partial charge in [-0.15, -0.1) is 0 Å². The molecule has 2 heterocycles. The third-order valence-electron chi connectivity index (χ3n) is 9.16. The van der Waals surface area contributed by atoms with Crippen LogP contribution in [0.1, 0.15) is 81.6 Å². The van der Waals surface area contributed by atoms with Crippen LogP contribution < -0.4 is 0 Å². The van der Waals surface area contributed by atoms with E-state index in [0.717, 1.165) is 6.42 Å². The first-order valence-electron chi connectivity index (χ1n) is 15.1. The highest BCUT2D eigenvalue weighted by atomic mass is 16.7. The molecule has 0 saturated carbocycles. The van der Waals surface area contributed by atoms with Crippen LogP contribution in [0.2, 0.25) is 0 Å². The number of nitrogens with zero attached hydrogens (tertiary/aromatic N) is 1. The minimum Gasteiger partial charge on any atom is -0.459 e. The number of esters is 1. The Morgan fingerprint density at radius 3 is 2.15 bits per heavy atom. The number of likely N-dealkylation sites (N-methyl/N-ethyl adjacent to an activating group) is 1. The fourth-order valence-electron chi connectivity index (χ4n) is 7.10. The third-order valence-corrected chi connectivity index (χ3v) is 9.16. The maximum absolute atomic E-state index is 13.6. The van der Waals surface area contributed by atoms with E-state index in [2.05, 4.69) is 18.7 Å². The lowest BCUT2D eigenvalue weighted by atomic mass is 9.70. The van der Waals surface area contributed by atoms with Crippen LogP contribution in [-0.4, -0.2) is 98.5 Å². The van der Waals surface area contributed by atoms with Gasteiger partial charge in [0.25, 0.3) is 0 Å². The Bertz CT molecular complexity index is 915. The number of carbonyl (C=O) groups is 2. The molecule has 0 amide bonds. The lowest BCUT2D eigenvalue weighted by Crippen LogP contribution is -2.58. The van der Waals surface area contributed by atoms with Crippen molar-refractivity contribution in [1.82, 2.24) is 4.90 Å². The quantitative estimate of drug-likeness (QED) is 0.456. The van der Waals surface area contributed by atoms with Crippen molar-refractivity contribution in [3.05, 3.63) is 11.6 Å². The van der Waals surface area contributed by atoms with Crippen LogP contribution in [-0.2, 0) is 33.3 Å². The van der Waals surface area contributed by atoms with Crippen molar-refractivity contribution in [2.45, 2.75) is 130 Å². The molecule has 9 nitrogen and oxygen atoms in total.